The zero-order chi connectivity index (χ0) is 14.9. The fourth-order valence-electron chi connectivity index (χ4n) is 1.95. The third-order valence-electron chi connectivity index (χ3n) is 3.11. The lowest BCUT2D eigenvalue weighted by atomic mass is 10.4. The van der Waals surface area contributed by atoms with Crippen LogP contribution in [0.1, 0.15) is 19.0 Å². The molecule has 2 heterocycles. The number of nitrogens with zero attached hydrogens (tertiary/aromatic N) is 5. The third kappa shape index (κ3) is 4.94. The smallest absolute Gasteiger partial charge is 0.191 e. The Labute approximate surface area is 125 Å². The lowest BCUT2D eigenvalue weighted by Crippen LogP contribution is -2.38. The van der Waals surface area contributed by atoms with Crippen LogP contribution in [0.25, 0.3) is 0 Å². The van der Waals surface area contributed by atoms with E-state index in [9.17, 15) is 0 Å². The van der Waals surface area contributed by atoms with Crippen molar-refractivity contribution in [1.82, 2.24) is 30.0 Å². The van der Waals surface area contributed by atoms with E-state index in [1.165, 1.54) is 0 Å². The van der Waals surface area contributed by atoms with Gasteiger partial charge in [0.05, 0.1) is 18.6 Å². The molecule has 0 aliphatic carbocycles. The molecule has 2 N–H and O–H groups in total. The van der Waals surface area contributed by atoms with Crippen LogP contribution in [0.2, 0.25) is 0 Å². The number of rotatable bonds is 7. The normalized spacial score (nSPS) is 11.6. The molecule has 0 aliphatic rings. The molecule has 0 aliphatic heterocycles. The summed E-state index contributed by atoms with van der Waals surface area (Å²) in [4.78, 5) is 8.60. The molecule has 0 aromatic carbocycles. The molecule has 0 radical (unpaired) electrons. The SMILES string of the molecule is CCNC(=NCc1ccnn1C)NCCCn1ccnc1. The van der Waals surface area contributed by atoms with Crippen molar-refractivity contribution in [3.8, 4) is 0 Å². The van der Waals surface area contributed by atoms with Crippen LogP contribution in [-0.2, 0) is 20.1 Å². The number of hydrogen-bond acceptors (Lipinski definition) is 3. The molecule has 0 atom stereocenters. The summed E-state index contributed by atoms with van der Waals surface area (Å²) in [6, 6.07) is 1.98. The predicted octanol–water partition coefficient (Wildman–Crippen LogP) is 0.762. The zero-order valence-corrected chi connectivity index (χ0v) is 12.7. The minimum Gasteiger partial charge on any atom is -0.357 e. The van der Waals surface area contributed by atoms with Crippen LogP contribution >= 0.6 is 0 Å². The number of nitrogens with one attached hydrogen (secondary N) is 2. The third-order valence-corrected chi connectivity index (χ3v) is 3.11. The van der Waals surface area contributed by atoms with E-state index in [-0.39, 0.29) is 0 Å². The highest BCUT2D eigenvalue weighted by Gasteiger charge is 2.00. The van der Waals surface area contributed by atoms with Crippen molar-refractivity contribution >= 4 is 5.96 Å². The Bertz CT molecular complexity index is 541. The highest BCUT2D eigenvalue weighted by atomic mass is 15.3. The summed E-state index contributed by atoms with van der Waals surface area (Å²) in [5.74, 6) is 0.837. The van der Waals surface area contributed by atoms with Crippen LogP contribution in [0, 0.1) is 0 Å². The molecule has 0 amide bonds. The molecule has 2 rings (SSSR count). The van der Waals surface area contributed by atoms with Crippen molar-refractivity contribution < 1.29 is 0 Å². The van der Waals surface area contributed by atoms with Gasteiger partial charge in [-0.1, -0.05) is 0 Å². The fraction of sp³-hybridized carbons (Fsp3) is 0.500. The average Bonchev–Trinajstić information content (AvgIpc) is 3.12. The first-order chi connectivity index (χ1) is 10.3. The van der Waals surface area contributed by atoms with Gasteiger partial charge in [-0.2, -0.15) is 5.10 Å². The number of aliphatic imine (C=N–C) groups is 1. The van der Waals surface area contributed by atoms with E-state index in [0.29, 0.717) is 6.54 Å². The van der Waals surface area contributed by atoms with Crippen molar-refractivity contribution in [3.05, 3.63) is 36.7 Å². The summed E-state index contributed by atoms with van der Waals surface area (Å²) in [6.07, 6.45) is 8.42. The van der Waals surface area contributed by atoms with Crippen molar-refractivity contribution in [2.45, 2.75) is 26.4 Å². The maximum Gasteiger partial charge on any atom is 0.191 e. The van der Waals surface area contributed by atoms with Gasteiger partial charge in [-0.3, -0.25) is 4.68 Å². The number of aryl methyl sites for hydroxylation is 2. The summed E-state index contributed by atoms with van der Waals surface area (Å²) in [6.45, 7) is 5.35. The molecule has 0 spiro atoms. The van der Waals surface area contributed by atoms with E-state index in [4.69, 9.17) is 0 Å². The van der Waals surface area contributed by atoms with Gasteiger partial charge in [-0.05, 0) is 19.4 Å². The van der Waals surface area contributed by atoms with Gasteiger partial charge in [-0.25, -0.2) is 9.98 Å². The van der Waals surface area contributed by atoms with E-state index in [0.717, 1.165) is 37.7 Å². The van der Waals surface area contributed by atoms with Gasteiger partial charge in [0, 0.05) is 45.3 Å². The monoisotopic (exact) mass is 289 g/mol. The summed E-state index contributed by atoms with van der Waals surface area (Å²) < 4.78 is 3.91. The molecular weight excluding hydrogens is 266 g/mol. The van der Waals surface area contributed by atoms with Gasteiger partial charge in [0.1, 0.15) is 0 Å². The van der Waals surface area contributed by atoms with Crippen molar-refractivity contribution in [2.75, 3.05) is 13.1 Å². The van der Waals surface area contributed by atoms with Crippen molar-refractivity contribution in [1.29, 1.82) is 0 Å². The van der Waals surface area contributed by atoms with Gasteiger partial charge < -0.3 is 15.2 Å². The second kappa shape index (κ2) is 8.08. The van der Waals surface area contributed by atoms with Gasteiger partial charge in [0.25, 0.3) is 0 Å². The molecule has 21 heavy (non-hydrogen) atoms. The quantitative estimate of drug-likeness (QED) is 0.448. The Morgan fingerprint density at radius 2 is 2.24 bits per heavy atom. The lowest BCUT2D eigenvalue weighted by molar-refractivity contribution is 0.624. The maximum absolute atomic E-state index is 4.57. The molecule has 2 aromatic rings. The first kappa shape index (κ1) is 15.1. The van der Waals surface area contributed by atoms with Crippen LogP contribution in [0.5, 0.6) is 0 Å². The summed E-state index contributed by atoms with van der Waals surface area (Å²) in [5, 5.41) is 10.7. The Kier molecular flexibility index (Phi) is 5.81. The molecular formula is C14H23N7. The van der Waals surface area contributed by atoms with E-state index < -0.39 is 0 Å². The zero-order valence-electron chi connectivity index (χ0n) is 12.7. The van der Waals surface area contributed by atoms with Crippen LogP contribution in [0.3, 0.4) is 0 Å². The summed E-state index contributed by atoms with van der Waals surface area (Å²) >= 11 is 0. The average molecular weight is 289 g/mol. The topological polar surface area (TPSA) is 72.1 Å². The van der Waals surface area contributed by atoms with E-state index >= 15 is 0 Å². The molecule has 7 heteroatoms. The van der Waals surface area contributed by atoms with Gasteiger partial charge >= 0.3 is 0 Å². The largest absolute Gasteiger partial charge is 0.357 e. The molecule has 114 valence electrons. The standard InChI is InChI=1S/C14H23N7/c1-3-16-14(18-11-13-5-7-19-20(13)2)17-6-4-9-21-10-8-15-12-21/h5,7-8,10,12H,3-4,6,9,11H2,1-2H3,(H2,16,17,18). The summed E-state index contributed by atoms with van der Waals surface area (Å²) in [7, 11) is 1.93. The van der Waals surface area contributed by atoms with E-state index in [2.05, 4.69) is 37.2 Å². The minimum absolute atomic E-state index is 0.618. The first-order valence-corrected chi connectivity index (χ1v) is 7.24. The Morgan fingerprint density at radius 1 is 1.33 bits per heavy atom. The van der Waals surface area contributed by atoms with Crippen LogP contribution < -0.4 is 10.6 Å². The van der Waals surface area contributed by atoms with Gasteiger partial charge in [-0.15, -0.1) is 0 Å². The molecule has 0 saturated heterocycles. The first-order valence-electron chi connectivity index (χ1n) is 7.24. The Balaban J connectivity index is 1.77. The number of aromatic nitrogens is 4. The Hall–Kier alpha value is -2.31. The van der Waals surface area contributed by atoms with Crippen LogP contribution in [-0.4, -0.2) is 38.4 Å². The van der Waals surface area contributed by atoms with Crippen LogP contribution in [0.15, 0.2) is 36.0 Å². The van der Waals surface area contributed by atoms with E-state index in [1.807, 2.05) is 30.3 Å². The molecule has 2 aromatic heterocycles. The number of guanidine groups is 1. The fourth-order valence-corrected chi connectivity index (χ4v) is 1.95. The molecule has 0 bridgehead atoms. The highest BCUT2D eigenvalue weighted by Crippen LogP contribution is 1.98. The molecule has 0 saturated carbocycles. The summed E-state index contributed by atoms with van der Waals surface area (Å²) in [5.41, 5.74) is 1.09. The minimum atomic E-state index is 0.618. The highest BCUT2D eigenvalue weighted by molar-refractivity contribution is 5.79. The second-order valence-electron chi connectivity index (χ2n) is 4.72. The van der Waals surface area contributed by atoms with Gasteiger partial charge in [0.15, 0.2) is 5.96 Å². The number of hydrogen-bond donors (Lipinski definition) is 2. The molecule has 7 nitrogen and oxygen atoms in total. The maximum atomic E-state index is 4.57. The number of imidazole rings is 1. The predicted molar refractivity (Wildman–Crippen MR) is 82.9 cm³/mol. The van der Waals surface area contributed by atoms with Crippen molar-refractivity contribution in [2.24, 2.45) is 12.0 Å². The van der Waals surface area contributed by atoms with Crippen LogP contribution in [0.4, 0.5) is 0 Å². The van der Waals surface area contributed by atoms with Gasteiger partial charge in [0.2, 0.25) is 0 Å². The van der Waals surface area contributed by atoms with Crippen molar-refractivity contribution in [3.63, 3.8) is 0 Å². The van der Waals surface area contributed by atoms with E-state index in [1.54, 1.807) is 12.4 Å². The second-order valence-corrected chi connectivity index (χ2v) is 4.72. The molecule has 0 fully saturated rings. The Morgan fingerprint density at radius 3 is 2.90 bits per heavy atom. The lowest BCUT2D eigenvalue weighted by Gasteiger charge is -2.11. The molecule has 0 unspecified atom stereocenters.